The standard InChI is InChI=1S/C13H21FN2/c1-4-5-9-16(3)13-11(10-15-2)7-6-8-12(13)14/h6-8,15H,4-5,9-10H2,1-3H3. The van der Waals surface area contributed by atoms with Crippen molar-refractivity contribution in [3.63, 3.8) is 0 Å². The van der Waals surface area contributed by atoms with Crippen LogP contribution in [0.25, 0.3) is 0 Å². The van der Waals surface area contributed by atoms with E-state index in [0.29, 0.717) is 6.54 Å². The highest BCUT2D eigenvalue weighted by molar-refractivity contribution is 5.54. The Hall–Kier alpha value is -1.09. The topological polar surface area (TPSA) is 15.3 Å². The number of anilines is 1. The third kappa shape index (κ3) is 3.20. The van der Waals surface area contributed by atoms with E-state index in [0.717, 1.165) is 30.6 Å². The van der Waals surface area contributed by atoms with Crippen LogP contribution in [-0.4, -0.2) is 20.6 Å². The summed E-state index contributed by atoms with van der Waals surface area (Å²) in [6.45, 7) is 3.74. The number of hydrogen-bond donors (Lipinski definition) is 1. The van der Waals surface area contributed by atoms with Gasteiger partial charge in [0.2, 0.25) is 0 Å². The van der Waals surface area contributed by atoms with Crippen molar-refractivity contribution in [2.24, 2.45) is 0 Å². The predicted molar refractivity (Wildman–Crippen MR) is 67.3 cm³/mol. The molecule has 0 spiro atoms. The molecule has 0 aliphatic carbocycles. The summed E-state index contributed by atoms with van der Waals surface area (Å²) in [6, 6.07) is 5.26. The van der Waals surface area contributed by atoms with E-state index >= 15 is 0 Å². The Bertz CT molecular complexity index is 326. The van der Waals surface area contributed by atoms with Gasteiger partial charge in [0.15, 0.2) is 0 Å². The van der Waals surface area contributed by atoms with E-state index in [-0.39, 0.29) is 5.82 Å². The molecule has 3 heteroatoms. The number of nitrogens with zero attached hydrogens (tertiary/aromatic N) is 1. The van der Waals surface area contributed by atoms with Gasteiger partial charge in [-0.3, -0.25) is 0 Å². The Kier molecular flexibility index (Phi) is 5.26. The summed E-state index contributed by atoms with van der Waals surface area (Å²) in [6.07, 6.45) is 2.21. The largest absolute Gasteiger partial charge is 0.372 e. The van der Waals surface area contributed by atoms with Crippen molar-refractivity contribution in [1.82, 2.24) is 5.32 Å². The van der Waals surface area contributed by atoms with Crippen LogP contribution < -0.4 is 10.2 Å². The van der Waals surface area contributed by atoms with Crippen LogP contribution in [0, 0.1) is 5.82 Å². The van der Waals surface area contributed by atoms with Crippen molar-refractivity contribution >= 4 is 5.69 Å². The van der Waals surface area contributed by atoms with Crippen LogP contribution in [0.2, 0.25) is 0 Å². The molecule has 2 nitrogen and oxygen atoms in total. The predicted octanol–water partition coefficient (Wildman–Crippen LogP) is 2.78. The zero-order chi connectivity index (χ0) is 12.0. The molecular weight excluding hydrogens is 203 g/mol. The van der Waals surface area contributed by atoms with Crippen molar-refractivity contribution in [2.45, 2.75) is 26.3 Å². The second-order valence-electron chi connectivity index (χ2n) is 4.05. The summed E-state index contributed by atoms with van der Waals surface area (Å²) in [5.74, 6) is -0.133. The Labute approximate surface area is 97.5 Å². The highest BCUT2D eigenvalue weighted by Gasteiger charge is 2.11. The van der Waals surface area contributed by atoms with Crippen LogP contribution in [0.15, 0.2) is 18.2 Å². The minimum absolute atomic E-state index is 0.133. The number of benzene rings is 1. The number of nitrogens with one attached hydrogen (secondary N) is 1. The third-order valence-electron chi connectivity index (χ3n) is 2.67. The fourth-order valence-corrected chi connectivity index (χ4v) is 1.83. The lowest BCUT2D eigenvalue weighted by Gasteiger charge is -2.22. The van der Waals surface area contributed by atoms with Crippen LogP contribution >= 0.6 is 0 Å². The molecular formula is C13H21FN2. The Balaban J connectivity index is 2.90. The molecule has 1 aromatic carbocycles. The second kappa shape index (κ2) is 6.48. The van der Waals surface area contributed by atoms with E-state index in [9.17, 15) is 4.39 Å². The van der Waals surface area contributed by atoms with Crippen molar-refractivity contribution in [1.29, 1.82) is 0 Å². The molecule has 0 saturated heterocycles. The summed E-state index contributed by atoms with van der Waals surface area (Å²) in [4.78, 5) is 2.01. The Morgan fingerprint density at radius 3 is 2.75 bits per heavy atom. The summed E-state index contributed by atoms with van der Waals surface area (Å²) < 4.78 is 13.8. The van der Waals surface area contributed by atoms with Gasteiger partial charge in [0.1, 0.15) is 5.82 Å². The first-order chi connectivity index (χ1) is 7.70. The maximum atomic E-state index is 13.8. The van der Waals surface area contributed by atoms with Crippen molar-refractivity contribution in [3.8, 4) is 0 Å². The Morgan fingerprint density at radius 1 is 1.38 bits per heavy atom. The molecule has 16 heavy (non-hydrogen) atoms. The van der Waals surface area contributed by atoms with Crippen molar-refractivity contribution in [2.75, 3.05) is 25.5 Å². The normalized spacial score (nSPS) is 10.5. The van der Waals surface area contributed by atoms with E-state index in [1.165, 1.54) is 6.07 Å². The summed E-state index contributed by atoms with van der Waals surface area (Å²) in [5.41, 5.74) is 1.74. The molecule has 90 valence electrons. The minimum atomic E-state index is -0.133. The molecule has 0 amide bonds. The summed E-state index contributed by atoms with van der Waals surface area (Å²) in [7, 11) is 3.83. The maximum Gasteiger partial charge on any atom is 0.146 e. The van der Waals surface area contributed by atoms with Gasteiger partial charge < -0.3 is 10.2 Å². The smallest absolute Gasteiger partial charge is 0.146 e. The summed E-state index contributed by atoms with van der Waals surface area (Å²) in [5, 5.41) is 3.07. The average molecular weight is 224 g/mol. The summed E-state index contributed by atoms with van der Waals surface area (Å²) >= 11 is 0. The molecule has 1 aromatic rings. The molecule has 0 radical (unpaired) electrons. The number of hydrogen-bond acceptors (Lipinski definition) is 2. The number of halogens is 1. The SMILES string of the molecule is CCCCN(C)c1c(F)cccc1CNC. The van der Waals surface area contributed by atoms with Crippen molar-refractivity contribution < 1.29 is 4.39 Å². The molecule has 1 rings (SSSR count). The van der Waals surface area contributed by atoms with Crippen LogP contribution in [0.4, 0.5) is 10.1 Å². The van der Waals surface area contributed by atoms with Gasteiger partial charge in [-0.15, -0.1) is 0 Å². The minimum Gasteiger partial charge on any atom is -0.372 e. The third-order valence-corrected chi connectivity index (χ3v) is 2.67. The van der Waals surface area contributed by atoms with Gasteiger partial charge in [0.25, 0.3) is 0 Å². The monoisotopic (exact) mass is 224 g/mol. The molecule has 1 N–H and O–H groups in total. The van der Waals surface area contributed by atoms with Gasteiger partial charge in [0, 0.05) is 20.1 Å². The molecule has 0 saturated carbocycles. The van der Waals surface area contributed by atoms with E-state index < -0.39 is 0 Å². The van der Waals surface area contributed by atoms with E-state index in [4.69, 9.17) is 0 Å². The lowest BCUT2D eigenvalue weighted by molar-refractivity contribution is 0.615. The van der Waals surface area contributed by atoms with Gasteiger partial charge in [-0.2, -0.15) is 0 Å². The Morgan fingerprint density at radius 2 is 2.12 bits per heavy atom. The molecule has 0 bridgehead atoms. The van der Waals surface area contributed by atoms with Crippen molar-refractivity contribution in [3.05, 3.63) is 29.6 Å². The number of rotatable bonds is 6. The van der Waals surface area contributed by atoms with Crippen LogP contribution in [0.3, 0.4) is 0 Å². The van der Waals surface area contributed by atoms with Gasteiger partial charge in [-0.1, -0.05) is 25.5 Å². The van der Waals surface area contributed by atoms with Gasteiger partial charge in [-0.05, 0) is 25.1 Å². The first-order valence-electron chi connectivity index (χ1n) is 5.83. The van der Waals surface area contributed by atoms with Crippen LogP contribution in [0.1, 0.15) is 25.3 Å². The molecule has 0 fully saturated rings. The van der Waals surface area contributed by atoms with Crippen LogP contribution in [0.5, 0.6) is 0 Å². The first-order valence-corrected chi connectivity index (χ1v) is 5.83. The fraction of sp³-hybridized carbons (Fsp3) is 0.538. The molecule has 0 unspecified atom stereocenters. The maximum absolute atomic E-state index is 13.8. The molecule has 0 atom stereocenters. The van der Waals surface area contributed by atoms with Gasteiger partial charge >= 0.3 is 0 Å². The van der Waals surface area contributed by atoms with E-state index in [2.05, 4.69) is 12.2 Å². The van der Waals surface area contributed by atoms with Gasteiger partial charge in [0.05, 0.1) is 5.69 Å². The highest BCUT2D eigenvalue weighted by atomic mass is 19.1. The van der Waals surface area contributed by atoms with E-state index in [1.54, 1.807) is 6.07 Å². The molecule has 0 heterocycles. The number of para-hydroxylation sites is 1. The zero-order valence-electron chi connectivity index (χ0n) is 10.4. The molecule has 0 aliphatic heterocycles. The zero-order valence-corrected chi connectivity index (χ0v) is 10.4. The second-order valence-corrected chi connectivity index (χ2v) is 4.05. The fourth-order valence-electron chi connectivity index (χ4n) is 1.83. The lowest BCUT2D eigenvalue weighted by atomic mass is 10.1. The van der Waals surface area contributed by atoms with E-state index in [1.807, 2.05) is 25.1 Å². The first kappa shape index (κ1) is 13.0. The van der Waals surface area contributed by atoms with Crippen LogP contribution in [-0.2, 0) is 6.54 Å². The quantitative estimate of drug-likeness (QED) is 0.799. The van der Waals surface area contributed by atoms with Gasteiger partial charge in [-0.25, -0.2) is 4.39 Å². The average Bonchev–Trinajstić information content (AvgIpc) is 2.26. The highest BCUT2D eigenvalue weighted by Crippen LogP contribution is 2.23. The lowest BCUT2D eigenvalue weighted by Crippen LogP contribution is -2.22. The molecule has 0 aromatic heterocycles. The number of unbranched alkanes of at least 4 members (excludes halogenated alkanes) is 1. The molecule has 0 aliphatic rings.